The largest absolute Gasteiger partial charge is 0.386 e. The van der Waals surface area contributed by atoms with E-state index in [9.17, 15) is 5.11 Å². The maximum atomic E-state index is 10.6. The number of aliphatic hydroxyl groups is 1. The third kappa shape index (κ3) is 2.44. The Morgan fingerprint density at radius 3 is 2.87 bits per heavy atom. The maximum absolute atomic E-state index is 10.6. The minimum atomic E-state index is -0.452. The summed E-state index contributed by atoms with van der Waals surface area (Å²) in [4.78, 5) is 0. The quantitative estimate of drug-likeness (QED) is 0.686. The van der Waals surface area contributed by atoms with Crippen LogP contribution in [-0.4, -0.2) is 10.7 Å². The van der Waals surface area contributed by atoms with Crippen molar-refractivity contribution in [1.29, 1.82) is 0 Å². The van der Waals surface area contributed by atoms with Crippen LogP contribution < -0.4 is 0 Å². The van der Waals surface area contributed by atoms with Gasteiger partial charge in [-0.05, 0) is 43.9 Å². The number of hydrogen-bond donors (Lipinski definition) is 1. The number of rotatable bonds is 2. The van der Waals surface area contributed by atoms with Gasteiger partial charge in [-0.15, -0.1) is 0 Å². The van der Waals surface area contributed by atoms with Crippen molar-refractivity contribution in [1.82, 2.24) is 0 Å². The molecule has 3 unspecified atom stereocenters. The molecule has 0 aliphatic heterocycles. The highest BCUT2D eigenvalue weighted by molar-refractivity contribution is 5.08. The highest BCUT2D eigenvalue weighted by Gasteiger charge is 2.37. The van der Waals surface area contributed by atoms with Crippen LogP contribution >= 0.6 is 0 Å². The van der Waals surface area contributed by atoms with Gasteiger partial charge in [0.15, 0.2) is 0 Å². The van der Waals surface area contributed by atoms with Gasteiger partial charge in [-0.3, -0.25) is 0 Å². The zero-order valence-corrected chi connectivity index (χ0v) is 9.91. The predicted molar refractivity (Wildman–Crippen MR) is 63.7 cm³/mol. The average molecular weight is 208 g/mol. The third-order valence-corrected chi connectivity index (χ3v) is 4.42. The lowest BCUT2D eigenvalue weighted by Crippen LogP contribution is -2.39. The van der Waals surface area contributed by atoms with E-state index in [4.69, 9.17) is 0 Å². The summed E-state index contributed by atoms with van der Waals surface area (Å²) in [7, 11) is 0. The van der Waals surface area contributed by atoms with E-state index in [0.29, 0.717) is 5.92 Å². The smallest absolute Gasteiger partial charge is 0.0855 e. The van der Waals surface area contributed by atoms with Gasteiger partial charge < -0.3 is 5.11 Å². The molecule has 0 aromatic heterocycles. The van der Waals surface area contributed by atoms with E-state index >= 15 is 0 Å². The van der Waals surface area contributed by atoms with Gasteiger partial charge in [-0.1, -0.05) is 38.3 Å². The molecule has 2 rings (SSSR count). The maximum Gasteiger partial charge on any atom is 0.0855 e. The Kier molecular flexibility index (Phi) is 3.50. The van der Waals surface area contributed by atoms with E-state index < -0.39 is 5.60 Å². The van der Waals surface area contributed by atoms with E-state index in [1.807, 2.05) is 0 Å². The molecular weight excluding hydrogens is 184 g/mol. The molecule has 1 nitrogen and oxygen atoms in total. The highest BCUT2D eigenvalue weighted by Crippen LogP contribution is 2.41. The summed E-state index contributed by atoms with van der Waals surface area (Å²) in [5.74, 6) is 1.40. The van der Waals surface area contributed by atoms with Crippen LogP contribution in [0.5, 0.6) is 0 Å². The Morgan fingerprint density at radius 1 is 1.33 bits per heavy atom. The third-order valence-electron chi connectivity index (χ3n) is 4.42. The van der Waals surface area contributed by atoms with Crippen molar-refractivity contribution < 1.29 is 5.11 Å². The van der Waals surface area contributed by atoms with Crippen molar-refractivity contribution in [2.45, 2.75) is 63.9 Å². The normalized spacial score (nSPS) is 41.7. The first kappa shape index (κ1) is 11.2. The fourth-order valence-electron chi connectivity index (χ4n) is 3.33. The Hall–Kier alpha value is -0.300. The van der Waals surface area contributed by atoms with E-state index in [2.05, 4.69) is 19.1 Å². The molecule has 1 heteroatoms. The molecular formula is C14H24O. The van der Waals surface area contributed by atoms with Crippen LogP contribution in [0.25, 0.3) is 0 Å². The first-order chi connectivity index (χ1) is 7.24. The monoisotopic (exact) mass is 208 g/mol. The van der Waals surface area contributed by atoms with Crippen LogP contribution in [0.3, 0.4) is 0 Å². The van der Waals surface area contributed by atoms with Crippen LogP contribution in [0.2, 0.25) is 0 Å². The number of allylic oxidation sites excluding steroid dienone is 1. The molecule has 1 saturated carbocycles. The van der Waals surface area contributed by atoms with Crippen LogP contribution in [-0.2, 0) is 0 Å². The summed E-state index contributed by atoms with van der Waals surface area (Å²) in [5, 5.41) is 10.6. The van der Waals surface area contributed by atoms with Gasteiger partial charge in [-0.25, -0.2) is 0 Å². The van der Waals surface area contributed by atoms with Crippen molar-refractivity contribution in [2.75, 3.05) is 0 Å². The molecule has 1 N–H and O–H groups in total. The summed E-state index contributed by atoms with van der Waals surface area (Å²) in [6.07, 6.45) is 14.1. The molecule has 1 fully saturated rings. The van der Waals surface area contributed by atoms with Crippen LogP contribution in [0, 0.1) is 11.8 Å². The fraction of sp³-hybridized carbons (Fsp3) is 0.857. The van der Waals surface area contributed by atoms with Gasteiger partial charge >= 0.3 is 0 Å². The SMILES string of the molecule is CCC1CCCC(C2(O)C=CCCC2)C1. The molecule has 0 bridgehead atoms. The molecule has 0 aromatic rings. The second kappa shape index (κ2) is 4.69. The van der Waals surface area contributed by atoms with Gasteiger partial charge in [0, 0.05) is 0 Å². The zero-order chi connectivity index (χ0) is 10.7. The Morgan fingerprint density at radius 2 is 2.20 bits per heavy atom. The van der Waals surface area contributed by atoms with Crippen LogP contribution in [0.4, 0.5) is 0 Å². The molecule has 0 heterocycles. The van der Waals surface area contributed by atoms with Gasteiger partial charge in [0.2, 0.25) is 0 Å². The van der Waals surface area contributed by atoms with E-state index in [0.717, 1.165) is 18.8 Å². The van der Waals surface area contributed by atoms with Gasteiger partial charge in [0.05, 0.1) is 5.60 Å². The van der Waals surface area contributed by atoms with Gasteiger partial charge in [0.25, 0.3) is 0 Å². The second-order valence-corrected chi connectivity index (χ2v) is 5.42. The number of hydrogen-bond acceptors (Lipinski definition) is 1. The zero-order valence-electron chi connectivity index (χ0n) is 9.91. The molecule has 2 aliphatic rings. The molecule has 3 atom stereocenters. The van der Waals surface area contributed by atoms with E-state index in [1.165, 1.54) is 38.5 Å². The lowest BCUT2D eigenvalue weighted by atomic mass is 9.69. The lowest BCUT2D eigenvalue weighted by Gasteiger charge is -2.40. The van der Waals surface area contributed by atoms with Crippen LogP contribution in [0.1, 0.15) is 58.3 Å². The van der Waals surface area contributed by atoms with E-state index in [-0.39, 0.29) is 0 Å². The summed E-state index contributed by atoms with van der Waals surface area (Å²) in [6.45, 7) is 2.29. The molecule has 2 aliphatic carbocycles. The lowest BCUT2D eigenvalue weighted by molar-refractivity contribution is -0.0118. The van der Waals surface area contributed by atoms with Crippen molar-refractivity contribution in [2.24, 2.45) is 11.8 Å². The summed E-state index contributed by atoms with van der Waals surface area (Å²) >= 11 is 0. The first-order valence-electron chi connectivity index (χ1n) is 6.64. The Balaban J connectivity index is 2.02. The highest BCUT2D eigenvalue weighted by atomic mass is 16.3. The fourth-order valence-corrected chi connectivity index (χ4v) is 3.33. The summed E-state index contributed by atoms with van der Waals surface area (Å²) < 4.78 is 0. The molecule has 0 saturated heterocycles. The summed E-state index contributed by atoms with van der Waals surface area (Å²) in [5.41, 5.74) is -0.452. The predicted octanol–water partition coefficient (Wildman–Crippen LogP) is 3.67. The Labute approximate surface area is 93.6 Å². The molecule has 15 heavy (non-hydrogen) atoms. The second-order valence-electron chi connectivity index (χ2n) is 5.42. The first-order valence-corrected chi connectivity index (χ1v) is 6.64. The Bertz CT molecular complexity index is 233. The molecule has 0 aromatic carbocycles. The van der Waals surface area contributed by atoms with Crippen molar-refractivity contribution in [3.8, 4) is 0 Å². The average Bonchev–Trinajstić information content (AvgIpc) is 2.30. The topological polar surface area (TPSA) is 20.2 Å². The summed E-state index contributed by atoms with van der Waals surface area (Å²) in [6, 6.07) is 0. The minimum absolute atomic E-state index is 0.452. The van der Waals surface area contributed by atoms with Crippen molar-refractivity contribution >= 4 is 0 Å². The molecule has 0 radical (unpaired) electrons. The molecule has 0 amide bonds. The van der Waals surface area contributed by atoms with Gasteiger partial charge in [0.1, 0.15) is 0 Å². The van der Waals surface area contributed by atoms with Crippen LogP contribution in [0.15, 0.2) is 12.2 Å². The molecule has 86 valence electrons. The van der Waals surface area contributed by atoms with Crippen molar-refractivity contribution in [3.05, 3.63) is 12.2 Å². The minimum Gasteiger partial charge on any atom is -0.386 e. The molecule has 0 spiro atoms. The standard InChI is InChI=1S/C14H24O/c1-2-12-7-6-8-13(11-12)14(15)9-4-3-5-10-14/h4,9,12-13,15H,2-3,5-8,10-11H2,1H3. The van der Waals surface area contributed by atoms with Crippen molar-refractivity contribution in [3.63, 3.8) is 0 Å². The van der Waals surface area contributed by atoms with E-state index in [1.54, 1.807) is 0 Å². The van der Waals surface area contributed by atoms with Gasteiger partial charge in [-0.2, -0.15) is 0 Å².